The predicted molar refractivity (Wildman–Crippen MR) is 114 cm³/mol. The normalized spacial score (nSPS) is 11.2. The molecule has 1 heterocycles. The van der Waals surface area contributed by atoms with Crippen LogP contribution in [0.1, 0.15) is 18.1 Å². The summed E-state index contributed by atoms with van der Waals surface area (Å²) < 4.78 is 6.42. The first-order valence-electron chi connectivity index (χ1n) is 8.99. The largest absolute Gasteiger partial charge is 0.493 e. The fraction of sp³-hybridized carbons (Fsp3) is 0.182. The van der Waals surface area contributed by atoms with Crippen molar-refractivity contribution in [2.75, 3.05) is 13.2 Å². The van der Waals surface area contributed by atoms with Crippen LogP contribution in [0.3, 0.4) is 0 Å². The molecule has 3 aromatic rings. The Kier molecular flexibility index (Phi) is 6.51. The van der Waals surface area contributed by atoms with Gasteiger partial charge in [-0.15, -0.1) is 0 Å². The molecule has 0 bridgehead atoms. The summed E-state index contributed by atoms with van der Waals surface area (Å²) >= 11 is 3.41. The maximum atomic E-state index is 12.5. The second-order valence-corrected chi connectivity index (χ2v) is 7.07. The topological polar surface area (TPSA) is 77.9 Å². The number of aromatic nitrogens is 1. The van der Waals surface area contributed by atoms with Crippen LogP contribution in [-0.4, -0.2) is 24.0 Å². The first-order chi connectivity index (χ1) is 13.6. The van der Waals surface area contributed by atoms with E-state index in [0.29, 0.717) is 30.9 Å². The van der Waals surface area contributed by atoms with Crippen LogP contribution in [-0.2, 0) is 11.2 Å². The van der Waals surface area contributed by atoms with Crippen LogP contribution in [0, 0.1) is 11.3 Å². The van der Waals surface area contributed by atoms with Crippen molar-refractivity contribution in [2.24, 2.45) is 0 Å². The van der Waals surface area contributed by atoms with Crippen molar-refractivity contribution in [3.63, 3.8) is 0 Å². The molecule has 0 atom stereocenters. The number of nitrogens with zero attached hydrogens (tertiary/aromatic N) is 1. The highest BCUT2D eigenvalue weighted by atomic mass is 79.9. The van der Waals surface area contributed by atoms with E-state index in [2.05, 4.69) is 26.2 Å². The molecule has 3 rings (SSSR count). The average Bonchev–Trinajstić information content (AvgIpc) is 3.11. The zero-order valence-electron chi connectivity index (χ0n) is 15.5. The van der Waals surface area contributed by atoms with Crippen molar-refractivity contribution in [3.05, 3.63) is 69.8 Å². The number of ether oxygens (including phenoxy) is 1. The number of carbonyl (C=O) groups excluding carboxylic acids is 1. The van der Waals surface area contributed by atoms with E-state index in [1.807, 2.05) is 61.7 Å². The summed E-state index contributed by atoms with van der Waals surface area (Å²) in [6.07, 6.45) is 4.18. The molecule has 0 saturated heterocycles. The molecule has 0 aliphatic heterocycles. The van der Waals surface area contributed by atoms with Crippen LogP contribution in [0.4, 0.5) is 0 Å². The minimum absolute atomic E-state index is 0.0398. The Labute approximate surface area is 172 Å². The Hall–Kier alpha value is -3.04. The van der Waals surface area contributed by atoms with Crippen LogP contribution < -0.4 is 10.1 Å². The van der Waals surface area contributed by atoms with Gasteiger partial charge in [-0.05, 0) is 49.2 Å². The Morgan fingerprint density at radius 1 is 1.32 bits per heavy atom. The molecule has 1 amide bonds. The second-order valence-electron chi connectivity index (χ2n) is 6.15. The van der Waals surface area contributed by atoms with Gasteiger partial charge in [0, 0.05) is 33.7 Å². The van der Waals surface area contributed by atoms with Gasteiger partial charge in [0.05, 0.1) is 6.61 Å². The summed E-state index contributed by atoms with van der Waals surface area (Å²) in [6.45, 7) is 2.83. The molecule has 0 aliphatic carbocycles. The highest BCUT2D eigenvalue weighted by Gasteiger charge is 2.12. The standard InChI is InChI=1S/C22H20BrN3O2/c1-2-28-21-8-7-18(23)12-16(21)11-17(13-24)22(27)25-10-9-15-14-26-20-6-4-3-5-19(15)20/h3-8,11-12,14,26H,2,9-10H2,1H3,(H,25,27)/b17-11-. The van der Waals surface area contributed by atoms with Gasteiger partial charge >= 0.3 is 0 Å². The van der Waals surface area contributed by atoms with Gasteiger partial charge in [0.15, 0.2) is 0 Å². The van der Waals surface area contributed by atoms with Crippen molar-refractivity contribution in [3.8, 4) is 11.8 Å². The van der Waals surface area contributed by atoms with Crippen molar-refractivity contribution in [2.45, 2.75) is 13.3 Å². The quantitative estimate of drug-likeness (QED) is 0.418. The molecule has 5 nitrogen and oxygen atoms in total. The van der Waals surface area contributed by atoms with E-state index in [-0.39, 0.29) is 5.57 Å². The molecule has 0 radical (unpaired) electrons. The number of hydrogen-bond acceptors (Lipinski definition) is 3. The fourth-order valence-electron chi connectivity index (χ4n) is 2.97. The number of H-pyrrole nitrogens is 1. The van der Waals surface area contributed by atoms with Crippen molar-refractivity contribution >= 4 is 38.8 Å². The smallest absolute Gasteiger partial charge is 0.261 e. The molecule has 0 unspecified atom stereocenters. The summed E-state index contributed by atoms with van der Waals surface area (Å²) in [4.78, 5) is 15.7. The molecule has 2 N–H and O–H groups in total. The molecule has 0 saturated carbocycles. The Balaban J connectivity index is 1.69. The molecule has 0 fully saturated rings. The first-order valence-corrected chi connectivity index (χ1v) is 9.79. The zero-order chi connectivity index (χ0) is 19.9. The maximum Gasteiger partial charge on any atom is 0.261 e. The zero-order valence-corrected chi connectivity index (χ0v) is 17.0. The van der Waals surface area contributed by atoms with Crippen LogP contribution in [0.15, 0.2) is 58.7 Å². The lowest BCUT2D eigenvalue weighted by Crippen LogP contribution is -2.26. The third-order valence-electron chi connectivity index (χ3n) is 4.29. The van der Waals surface area contributed by atoms with E-state index in [0.717, 1.165) is 20.9 Å². The minimum Gasteiger partial charge on any atom is -0.493 e. The number of para-hydroxylation sites is 1. The molecule has 1 aromatic heterocycles. The summed E-state index contributed by atoms with van der Waals surface area (Å²) in [5, 5.41) is 13.4. The first kappa shape index (κ1) is 19.7. The van der Waals surface area contributed by atoms with E-state index < -0.39 is 5.91 Å². The number of rotatable bonds is 7. The van der Waals surface area contributed by atoms with Crippen LogP contribution in [0.5, 0.6) is 5.75 Å². The van der Waals surface area contributed by atoms with Gasteiger partial charge in [0.2, 0.25) is 0 Å². The van der Waals surface area contributed by atoms with Gasteiger partial charge < -0.3 is 15.0 Å². The van der Waals surface area contributed by atoms with Crippen molar-refractivity contribution < 1.29 is 9.53 Å². The Morgan fingerprint density at radius 3 is 2.93 bits per heavy atom. The van der Waals surface area contributed by atoms with Crippen LogP contribution in [0.25, 0.3) is 17.0 Å². The lowest BCUT2D eigenvalue weighted by molar-refractivity contribution is -0.117. The highest BCUT2D eigenvalue weighted by molar-refractivity contribution is 9.10. The highest BCUT2D eigenvalue weighted by Crippen LogP contribution is 2.25. The number of aromatic amines is 1. The third-order valence-corrected chi connectivity index (χ3v) is 4.78. The van der Waals surface area contributed by atoms with Crippen LogP contribution in [0.2, 0.25) is 0 Å². The fourth-order valence-corrected chi connectivity index (χ4v) is 3.35. The van der Waals surface area contributed by atoms with Gasteiger partial charge in [-0.1, -0.05) is 34.1 Å². The summed E-state index contributed by atoms with van der Waals surface area (Å²) in [7, 11) is 0. The maximum absolute atomic E-state index is 12.5. The van der Waals surface area contributed by atoms with Gasteiger partial charge in [-0.3, -0.25) is 4.79 Å². The Bertz CT molecular complexity index is 1060. The molecular weight excluding hydrogens is 418 g/mol. The summed E-state index contributed by atoms with van der Waals surface area (Å²) in [6, 6.07) is 15.5. The van der Waals surface area contributed by atoms with Gasteiger partial charge in [-0.25, -0.2) is 0 Å². The van der Waals surface area contributed by atoms with Gasteiger partial charge in [0.25, 0.3) is 5.91 Å². The third kappa shape index (κ3) is 4.62. The number of nitrogens with one attached hydrogen (secondary N) is 2. The lowest BCUT2D eigenvalue weighted by atomic mass is 10.1. The molecule has 142 valence electrons. The van der Waals surface area contributed by atoms with Gasteiger partial charge in [0.1, 0.15) is 17.4 Å². The number of carbonyl (C=O) groups is 1. The number of benzene rings is 2. The number of amides is 1. The van der Waals surface area contributed by atoms with E-state index in [1.165, 1.54) is 0 Å². The molecular formula is C22H20BrN3O2. The lowest BCUT2D eigenvalue weighted by Gasteiger charge is -2.09. The summed E-state index contributed by atoms with van der Waals surface area (Å²) in [5.74, 6) is 0.231. The number of nitriles is 1. The number of hydrogen-bond donors (Lipinski definition) is 2. The predicted octanol–water partition coefficient (Wildman–Crippen LogP) is 4.59. The van der Waals surface area contributed by atoms with E-state index in [9.17, 15) is 10.1 Å². The molecule has 6 heteroatoms. The van der Waals surface area contributed by atoms with Crippen molar-refractivity contribution in [1.82, 2.24) is 10.3 Å². The van der Waals surface area contributed by atoms with E-state index >= 15 is 0 Å². The van der Waals surface area contributed by atoms with E-state index in [1.54, 1.807) is 6.08 Å². The van der Waals surface area contributed by atoms with E-state index in [4.69, 9.17) is 4.74 Å². The summed E-state index contributed by atoms with van der Waals surface area (Å²) in [5.41, 5.74) is 2.92. The van der Waals surface area contributed by atoms with Crippen LogP contribution >= 0.6 is 15.9 Å². The minimum atomic E-state index is -0.398. The second kappa shape index (κ2) is 9.25. The molecule has 2 aromatic carbocycles. The molecule has 28 heavy (non-hydrogen) atoms. The SMILES string of the molecule is CCOc1ccc(Br)cc1/C=C(/C#N)C(=O)NCCc1c[nH]c2ccccc12. The number of fused-ring (bicyclic) bond motifs is 1. The molecule has 0 aliphatic rings. The Morgan fingerprint density at radius 2 is 2.14 bits per heavy atom. The number of halogens is 1. The average molecular weight is 438 g/mol. The monoisotopic (exact) mass is 437 g/mol. The van der Waals surface area contributed by atoms with Gasteiger partial charge in [-0.2, -0.15) is 5.26 Å². The molecule has 0 spiro atoms. The van der Waals surface area contributed by atoms with Crippen molar-refractivity contribution in [1.29, 1.82) is 5.26 Å².